The number of rotatable bonds is 10. The Kier molecular flexibility index (Phi) is 8.38. The number of nitrogens with zero attached hydrogens (tertiary/aromatic N) is 1. The van der Waals surface area contributed by atoms with Crippen molar-refractivity contribution in [1.29, 1.82) is 0 Å². The van der Waals surface area contributed by atoms with Crippen LogP contribution in [0.4, 0.5) is 11.4 Å². The van der Waals surface area contributed by atoms with Gasteiger partial charge in [-0.25, -0.2) is 4.79 Å². The highest BCUT2D eigenvalue weighted by molar-refractivity contribution is 5.98. The number of nitrogens with one attached hydrogen (secondary N) is 1. The predicted octanol–water partition coefficient (Wildman–Crippen LogP) is 3.69. The van der Waals surface area contributed by atoms with Gasteiger partial charge in [0, 0.05) is 6.92 Å². The van der Waals surface area contributed by atoms with E-state index in [-0.39, 0.29) is 29.3 Å². The average molecular weight is 352 g/mol. The van der Waals surface area contributed by atoms with E-state index in [1.807, 2.05) is 13.8 Å². The number of benzene rings is 1. The Labute approximate surface area is 146 Å². The van der Waals surface area contributed by atoms with Gasteiger partial charge in [-0.1, -0.05) is 26.7 Å². The third-order valence-electron chi connectivity index (χ3n) is 3.31. The topological polar surface area (TPSA) is 108 Å². The molecule has 0 radical (unpaired) electrons. The van der Waals surface area contributed by atoms with Gasteiger partial charge in [0.05, 0.1) is 24.2 Å². The molecule has 0 heterocycles. The molecule has 0 bridgehead atoms. The maximum absolute atomic E-state index is 12.3. The van der Waals surface area contributed by atoms with Crippen LogP contribution in [0.25, 0.3) is 0 Å². The van der Waals surface area contributed by atoms with Crippen molar-refractivity contribution in [3.05, 3.63) is 27.8 Å². The van der Waals surface area contributed by atoms with Gasteiger partial charge in [-0.15, -0.1) is 0 Å². The minimum absolute atomic E-state index is 0.0570. The van der Waals surface area contributed by atoms with Crippen LogP contribution in [0.3, 0.4) is 0 Å². The zero-order valence-corrected chi connectivity index (χ0v) is 14.8. The second kappa shape index (κ2) is 10.3. The van der Waals surface area contributed by atoms with Crippen molar-refractivity contribution in [2.45, 2.75) is 46.5 Å². The SMILES string of the molecule is CCCCOC(=O)c1cc(NC(C)=O)c([N+](=O)[O-])cc1OCCCC. The Bertz CT molecular complexity index is 630. The molecule has 0 spiro atoms. The van der Waals surface area contributed by atoms with Crippen molar-refractivity contribution in [2.24, 2.45) is 0 Å². The molecule has 8 heteroatoms. The maximum Gasteiger partial charge on any atom is 0.342 e. The molecule has 0 aliphatic rings. The molecule has 0 unspecified atom stereocenters. The highest BCUT2D eigenvalue weighted by Gasteiger charge is 2.24. The molecule has 0 atom stereocenters. The fourth-order valence-corrected chi connectivity index (χ4v) is 2.00. The lowest BCUT2D eigenvalue weighted by Crippen LogP contribution is -2.13. The molecule has 1 N–H and O–H groups in total. The summed E-state index contributed by atoms with van der Waals surface area (Å²) in [5, 5.41) is 13.6. The number of unbranched alkanes of at least 4 members (excludes halogenated alkanes) is 2. The Balaban J connectivity index is 3.24. The van der Waals surface area contributed by atoms with E-state index in [1.165, 1.54) is 13.0 Å². The number of carbonyl (C=O) groups is 2. The van der Waals surface area contributed by atoms with Crippen LogP contribution in [0.5, 0.6) is 5.75 Å². The van der Waals surface area contributed by atoms with Gasteiger partial charge in [-0.05, 0) is 18.9 Å². The first-order chi connectivity index (χ1) is 11.9. The normalized spacial score (nSPS) is 10.2. The van der Waals surface area contributed by atoms with Gasteiger partial charge < -0.3 is 14.8 Å². The van der Waals surface area contributed by atoms with Gasteiger partial charge in [-0.2, -0.15) is 0 Å². The minimum Gasteiger partial charge on any atom is -0.492 e. The number of ether oxygens (including phenoxy) is 2. The van der Waals surface area contributed by atoms with E-state index >= 15 is 0 Å². The molecule has 138 valence electrons. The lowest BCUT2D eigenvalue weighted by molar-refractivity contribution is -0.384. The van der Waals surface area contributed by atoms with Crippen molar-refractivity contribution in [3.8, 4) is 5.75 Å². The lowest BCUT2D eigenvalue weighted by atomic mass is 10.1. The number of nitro groups is 1. The van der Waals surface area contributed by atoms with E-state index < -0.39 is 16.8 Å². The molecule has 1 aromatic rings. The highest BCUT2D eigenvalue weighted by atomic mass is 16.6. The van der Waals surface area contributed by atoms with Crippen LogP contribution in [0, 0.1) is 10.1 Å². The van der Waals surface area contributed by atoms with Crippen LogP contribution in [0.1, 0.15) is 56.8 Å². The molecule has 0 saturated carbocycles. The summed E-state index contributed by atoms with van der Waals surface area (Å²) >= 11 is 0. The van der Waals surface area contributed by atoms with E-state index in [0.29, 0.717) is 13.0 Å². The molecule has 1 rings (SSSR count). The molecule has 0 aromatic heterocycles. The van der Waals surface area contributed by atoms with Crippen LogP contribution in [-0.4, -0.2) is 30.0 Å². The third kappa shape index (κ3) is 6.40. The molecule has 25 heavy (non-hydrogen) atoms. The van der Waals surface area contributed by atoms with Gasteiger partial charge in [0.2, 0.25) is 5.91 Å². The smallest absolute Gasteiger partial charge is 0.342 e. The Hall–Kier alpha value is -2.64. The Morgan fingerprint density at radius 1 is 1.16 bits per heavy atom. The molecule has 0 saturated heterocycles. The van der Waals surface area contributed by atoms with E-state index in [4.69, 9.17) is 9.47 Å². The minimum atomic E-state index is -0.638. The number of hydrogen-bond acceptors (Lipinski definition) is 6. The van der Waals surface area contributed by atoms with Crippen molar-refractivity contribution < 1.29 is 24.0 Å². The molecule has 1 amide bonds. The largest absolute Gasteiger partial charge is 0.492 e. The zero-order valence-electron chi connectivity index (χ0n) is 14.8. The van der Waals surface area contributed by atoms with Crippen molar-refractivity contribution >= 4 is 23.3 Å². The van der Waals surface area contributed by atoms with Crippen LogP contribution in [0.2, 0.25) is 0 Å². The summed E-state index contributed by atoms with van der Waals surface area (Å²) in [7, 11) is 0. The molecular weight excluding hydrogens is 328 g/mol. The lowest BCUT2D eigenvalue weighted by Gasteiger charge is -2.13. The summed E-state index contributed by atoms with van der Waals surface area (Å²) in [6.07, 6.45) is 3.20. The molecule has 8 nitrogen and oxygen atoms in total. The first-order valence-electron chi connectivity index (χ1n) is 8.30. The summed E-state index contributed by atoms with van der Waals surface area (Å²) in [4.78, 5) is 34.2. The second-order valence-electron chi connectivity index (χ2n) is 5.50. The number of carbonyl (C=O) groups excluding carboxylic acids is 2. The zero-order chi connectivity index (χ0) is 18.8. The average Bonchev–Trinajstić information content (AvgIpc) is 2.55. The summed E-state index contributed by atoms with van der Waals surface area (Å²) in [6, 6.07) is 2.38. The third-order valence-corrected chi connectivity index (χ3v) is 3.31. The predicted molar refractivity (Wildman–Crippen MR) is 93.0 cm³/mol. The van der Waals surface area contributed by atoms with Crippen LogP contribution in [-0.2, 0) is 9.53 Å². The van der Waals surface area contributed by atoms with Crippen LogP contribution < -0.4 is 10.1 Å². The van der Waals surface area contributed by atoms with E-state index in [0.717, 1.165) is 25.3 Å². The Morgan fingerprint density at radius 3 is 2.36 bits per heavy atom. The highest BCUT2D eigenvalue weighted by Crippen LogP contribution is 2.33. The van der Waals surface area contributed by atoms with Crippen LogP contribution in [0.15, 0.2) is 12.1 Å². The fraction of sp³-hybridized carbons (Fsp3) is 0.529. The van der Waals surface area contributed by atoms with Gasteiger partial charge in [0.1, 0.15) is 17.0 Å². The summed E-state index contributed by atoms with van der Waals surface area (Å²) in [5.41, 5.74) is -0.351. The summed E-state index contributed by atoms with van der Waals surface area (Å²) in [6.45, 7) is 5.74. The maximum atomic E-state index is 12.3. The molecule has 0 fully saturated rings. The fourth-order valence-electron chi connectivity index (χ4n) is 2.00. The first kappa shape index (κ1) is 20.4. The summed E-state index contributed by atoms with van der Waals surface area (Å²) < 4.78 is 10.7. The van der Waals surface area contributed by atoms with E-state index in [1.54, 1.807) is 0 Å². The van der Waals surface area contributed by atoms with Crippen molar-refractivity contribution in [2.75, 3.05) is 18.5 Å². The van der Waals surface area contributed by atoms with E-state index in [9.17, 15) is 19.7 Å². The van der Waals surface area contributed by atoms with E-state index in [2.05, 4.69) is 5.32 Å². The van der Waals surface area contributed by atoms with Gasteiger partial charge >= 0.3 is 5.97 Å². The molecule has 0 aliphatic heterocycles. The molecule has 0 aliphatic carbocycles. The number of amides is 1. The standard InChI is InChI=1S/C17H24N2O6/c1-4-6-8-24-16-11-15(19(22)23)14(18-12(3)20)10-13(16)17(21)25-9-7-5-2/h10-11H,4-9H2,1-3H3,(H,18,20). The monoisotopic (exact) mass is 352 g/mol. The first-order valence-corrected chi connectivity index (χ1v) is 8.30. The van der Waals surface area contributed by atoms with Gasteiger partial charge in [0.15, 0.2) is 0 Å². The summed E-state index contributed by atoms with van der Waals surface area (Å²) in [5.74, 6) is -1.04. The Morgan fingerprint density at radius 2 is 1.80 bits per heavy atom. The number of hydrogen-bond donors (Lipinski definition) is 1. The number of anilines is 1. The second-order valence-corrected chi connectivity index (χ2v) is 5.50. The van der Waals surface area contributed by atoms with Crippen molar-refractivity contribution in [1.82, 2.24) is 0 Å². The number of esters is 1. The quantitative estimate of drug-likeness (QED) is 0.298. The molecular formula is C17H24N2O6. The number of nitro benzene ring substituents is 1. The molecule has 1 aromatic carbocycles. The van der Waals surface area contributed by atoms with Crippen LogP contribution >= 0.6 is 0 Å². The van der Waals surface area contributed by atoms with Gasteiger partial charge in [-0.3, -0.25) is 14.9 Å². The van der Waals surface area contributed by atoms with Crippen molar-refractivity contribution in [3.63, 3.8) is 0 Å². The van der Waals surface area contributed by atoms with Gasteiger partial charge in [0.25, 0.3) is 5.69 Å².